The highest BCUT2D eigenvalue weighted by Gasteiger charge is 2.23. The number of hydrogen-bond donors (Lipinski definition) is 1. The van der Waals surface area contributed by atoms with Crippen LogP contribution in [0.25, 0.3) is 0 Å². The van der Waals surface area contributed by atoms with Gasteiger partial charge in [0.1, 0.15) is 5.82 Å². The topological polar surface area (TPSA) is 65.8 Å². The molecule has 4 rings (SSSR count). The summed E-state index contributed by atoms with van der Waals surface area (Å²) in [5.74, 6) is -0.175. The Bertz CT molecular complexity index is 1030. The fourth-order valence-corrected chi connectivity index (χ4v) is 3.62. The zero-order chi connectivity index (χ0) is 21.6. The second-order valence-corrected chi connectivity index (χ2v) is 7.56. The molecule has 2 aromatic carbocycles. The number of furan rings is 1. The van der Waals surface area contributed by atoms with Crippen molar-refractivity contribution in [2.24, 2.45) is 0 Å². The van der Waals surface area contributed by atoms with Crippen LogP contribution < -0.4 is 5.32 Å². The van der Waals surface area contributed by atoms with E-state index in [4.69, 9.17) is 4.42 Å². The Morgan fingerprint density at radius 2 is 1.71 bits per heavy atom. The Hall–Kier alpha value is -3.45. The summed E-state index contributed by atoms with van der Waals surface area (Å²) in [5, 5.41) is 2.87. The molecule has 1 N–H and O–H groups in total. The normalized spacial score (nSPS) is 14.4. The van der Waals surface area contributed by atoms with E-state index in [0.717, 1.165) is 24.2 Å². The second kappa shape index (κ2) is 9.57. The molecule has 0 radical (unpaired) electrons. The number of halogens is 1. The third kappa shape index (κ3) is 5.38. The average Bonchev–Trinajstić information content (AvgIpc) is 3.34. The first-order chi connectivity index (χ1) is 15.1. The summed E-state index contributed by atoms with van der Waals surface area (Å²) < 4.78 is 18.2. The zero-order valence-electron chi connectivity index (χ0n) is 17.1. The molecule has 31 heavy (non-hydrogen) atoms. The Morgan fingerprint density at radius 3 is 2.42 bits per heavy atom. The smallest absolute Gasteiger partial charge is 0.289 e. The monoisotopic (exact) mass is 421 g/mol. The Kier molecular flexibility index (Phi) is 6.43. The van der Waals surface area contributed by atoms with Crippen LogP contribution in [0.3, 0.4) is 0 Å². The number of hydrogen-bond acceptors (Lipinski definition) is 4. The molecule has 0 aliphatic carbocycles. The van der Waals surface area contributed by atoms with Gasteiger partial charge in [-0.25, -0.2) is 4.39 Å². The van der Waals surface area contributed by atoms with E-state index in [-0.39, 0.29) is 17.6 Å². The summed E-state index contributed by atoms with van der Waals surface area (Å²) >= 11 is 0. The fraction of sp³-hybridized carbons (Fsp3) is 0.250. The van der Waals surface area contributed by atoms with Gasteiger partial charge in [-0.15, -0.1) is 0 Å². The van der Waals surface area contributed by atoms with Gasteiger partial charge >= 0.3 is 0 Å². The number of carbonyl (C=O) groups excluding carboxylic acids is 2. The minimum absolute atomic E-state index is 0.0792. The van der Waals surface area contributed by atoms with Crippen molar-refractivity contribution in [3.63, 3.8) is 0 Å². The van der Waals surface area contributed by atoms with E-state index in [1.54, 1.807) is 35.2 Å². The van der Waals surface area contributed by atoms with E-state index in [0.29, 0.717) is 37.5 Å². The number of piperazine rings is 1. The maximum atomic E-state index is 13.0. The van der Waals surface area contributed by atoms with Crippen molar-refractivity contribution in [2.45, 2.75) is 13.1 Å². The highest BCUT2D eigenvalue weighted by atomic mass is 19.1. The zero-order valence-corrected chi connectivity index (χ0v) is 17.1. The van der Waals surface area contributed by atoms with Crippen LogP contribution in [0.2, 0.25) is 0 Å². The van der Waals surface area contributed by atoms with Gasteiger partial charge in [-0.3, -0.25) is 14.5 Å². The second-order valence-electron chi connectivity index (χ2n) is 7.56. The van der Waals surface area contributed by atoms with Crippen LogP contribution >= 0.6 is 0 Å². The Labute approximate surface area is 180 Å². The predicted octanol–water partition coefficient (Wildman–Crippen LogP) is 3.31. The third-order valence-electron chi connectivity index (χ3n) is 5.35. The maximum absolute atomic E-state index is 13.0. The Balaban J connectivity index is 1.29. The SMILES string of the molecule is O=C(NCc1ccc(F)cc1)c1cccc(CN2CCN(C(=O)c3ccco3)CC2)c1. The van der Waals surface area contributed by atoms with Gasteiger partial charge in [0.05, 0.1) is 6.26 Å². The number of rotatable bonds is 6. The molecule has 3 aromatic rings. The summed E-state index contributed by atoms with van der Waals surface area (Å²) in [6.07, 6.45) is 1.51. The van der Waals surface area contributed by atoms with E-state index in [2.05, 4.69) is 10.2 Å². The van der Waals surface area contributed by atoms with Crippen molar-refractivity contribution in [3.05, 3.63) is 95.2 Å². The highest BCUT2D eigenvalue weighted by molar-refractivity contribution is 5.94. The van der Waals surface area contributed by atoms with Crippen molar-refractivity contribution in [2.75, 3.05) is 26.2 Å². The molecule has 2 amide bonds. The van der Waals surface area contributed by atoms with Crippen molar-refractivity contribution in [1.82, 2.24) is 15.1 Å². The molecule has 2 heterocycles. The lowest BCUT2D eigenvalue weighted by Crippen LogP contribution is -2.48. The third-order valence-corrected chi connectivity index (χ3v) is 5.35. The minimum atomic E-state index is -0.297. The molecule has 0 spiro atoms. The van der Waals surface area contributed by atoms with Crippen LogP contribution in [-0.2, 0) is 13.1 Å². The summed E-state index contributed by atoms with van der Waals surface area (Å²) in [6.45, 7) is 3.84. The summed E-state index contributed by atoms with van der Waals surface area (Å²) in [5.41, 5.74) is 2.47. The molecule has 6 nitrogen and oxygen atoms in total. The summed E-state index contributed by atoms with van der Waals surface area (Å²) in [4.78, 5) is 29.0. The number of nitrogens with one attached hydrogen (secondary N) is 1. The molecule has 7 heteroatoms. The largest absolute Gasteiger partial charge is 0.459 e. The van der Waals surface area contributed by atoms with Crippen molar-refractivity contribution < 1.29 is 18.4 Å². The van der Waals surface area contributed by atoms with Gasteiger partial charge in [0.25, 0.3) is 11.8 Å². The fourth-order valence-electron chi connectivity index (χ4n) is 3.62. The van der Waals surface area contributed by atoms with Gasteiger partial charge in [-0.05, 0) is 47.5 Å². The molecule has 0 bridgehead atoms. The van der Waals surface area contributed by atoms with Crippen molar-refractivity contribution >= 4 is 11.8 Å². The minimum Gasteiger partial charge on any atom is -0.459 e. The Morgan fingerprint density at radius 1 is 0.935 bits per heavy atom. The van der Waals surface area contributed by atoms with Crippen LogP contribution in [-0.4, -0.2) is 47.8 Å². The van der Waals surface area contributed by atoms with Crippen molar-refractivity contribution in [3.8, 4) is 0 Å². The molecular formula is C24H24FN3O3. The van der Waals surface area contributed by atoms with E-state index in [1.165, 1.54) is 18.4 Å². The standard InChI is InChI=1S/C24H24FN3O3/c25-21-8-6-18(7-9-21)16-26-23(29)20-4-1-3-19(15-20)17-27-10-12-28(13-11-27)24(30)22-5-2-14-31-22/h1-9,14-15H,10-13,16-17H2,(H,26,29). The lowest BCUT2D eigenvalue weighted by Gasteiger charge is -2.34. The number of benzene rings is 2. The van der Waals surface area contributed by atoms with Gasteiger partial charge in [0.15, 0.2) is 5.76 Å². The number of carbonyl (C=O) groups is 2. The van der Waals surface area contributed by atoms with E-state index in [9.17, 15) is 14.0 Å². The molecule has 1 saturated heterocycles. The van der Waals surface area contributed by atoms with Gasteiger partial charge in [0.2, 0.25) is 0 Å². The van der Waals surface area contributed by atoms with Gasteiger partial charge in [0, 0.05) is 44.8 Å². The molecule has 1 aliphatic rings. The van der Waals surface area contributed by atoms with E-state index >= 15 is 0 Å². The molecule has 1 aliphatic heterocycles. The first-order valence-corrected chi connectivity index (χ1v) is 10.3. The number of nitrogens with zero attached hydrogens (tertiary/aromatic N) is 2. The van der Waals surface area contributed by atoms with Gasteiger partial charge in [-0.1, -0.05) is 24.3 Å². The van der Waals surface area contributed by atoms with Crippen LogP contribution in [0.1, 0.15) is 32.0 Å². The van der Waals surface area contributed by atoms with E-state index in [1.807, 2.05) is 18.2 Å². The van der Waals surface area contributed by atoms with Gasteiger partial charge < -0.3 is 14.6 Å². The van der Waals surface area contributed by atoms with E-state index < -0.39 is 0 Å². The van der Waals surface area contributed by atoms with Gasteiger partial charge in [-0.2, -0.15) is 0 Å². The van der Waals surface area contributed by atoms with Crippen LogP contribution in [0.5, 0.6) is 0 Å². The van der Waals surface area contributed by atoms with Crippen LogP contribution in [0.15, 0.2) is 71.3 Å². The summed E-state index contributed by atoms with van der Waals surface area (Å²) in [6, 6.07) is 17.0. The lowest BCUT2D eigenvalue weighted by molar-refractivity contribution is 0.0597. The molecule has 160 valence electrons. The molecule has 1 fully saturated rings. The predicted molar refractivity (Wildman–Crippen MR) is 114 cm³/mol. The quantitative estimate of drug-likeness (QED) is 0.663. The lowest BCUT2D eigenvalue weighted by atomic mass is 10.1. The maximum Gasteiger partial charge on any atom is 0.289 e. The molecule has 0 atom stereocenters. The molecule has 1 aromatic heterocycles. The first-order valence-electron chi connectivity index (χ1n) is 10.3. The summed E-state index contributed by atoms with van der Waals surface area (Å²) in [7, 11) is 0. The first kappa shape index (κ1) is 20.8. The average molecular weight is 421 g/mol. The van der Waals surface area contributed by atoms with Crippen LogP contribution in [0.4, 0.5) is 4.39 Å². The molecule has 0 unspecified atom stereocenters. The number of amides is 2. The molecular weight excluding hydrogens is 397 g/mol. The van der Waals surface area contributed by atoms with Crippen LogP contribution in [0, 0.1) is 5.82 Å². The highest BCUT2D eigenvalue weighted by Crippen LogP contribution is 2.13. The molecule has 0 saturated carbocycles. The van der Waals surface area contributed by atoms with Crippen molar-refractivity contribution in [1.29, 1.82) is 0 Å².